The molecule has 0 aliphatic heterocycles. The first kappa shape index (κ1) is 10.6. The minimum Gasteiger partial charge on any atom is -0.399 e. The number of nitrogens with two attached hydrogens (primary N) is 1. The molecule has 0 unspecified atom stereocenters. The van der Waals surface area contributed by atoms with Crippen LogP contribution in [0.25, 0.3) is 11.1 Å². The summed E-state index contributed by atoms with van der Waals surface area (Å²) in [6.45, 7) is 0. The standard InChI is InChI=1S/C14H16N2/c1-16(2)14-10-12(15)8-9-13(14)11-6-4-3-5-7-11/h3-10H,15H2,1-2H3. The number of rotatable bonds is 2. The molecule has 0 saturated carbocycles. The summed E-state index contributed by atoms with van der Waals surface area (Å²) in [6, 6.07) is 16.3. The van der Waals surface area contributed by atoms with Crippen LogP contribution in [0.4, 0.5) is 11.4 Å². The van der Waals surface area contributed by atoms with Crippen molar-refractivity contribution in [2.45, 2.75) is 0 Å². The summed E-state index contributed by atoms with van der Waals surface area (Å²) in [5.74, 6) is 0. The number of nitrogen functional groups attached to an aromatic ring is 1. The summed E-state index contributed by atoms with van der Waals surface area (Å²) < 4.78 is 0. The topological polar surface area (TPSA) is 29.3 Å². The quantitative estimate of drug-likeness (QED) is 0.775. The molecule has 2 rings (SSSR count). The van der Waals surface area contributed by atoms with Crippen LogP contribution in [0.3, 0.4) is 0 Å². The average molecular weight is 212 g/mol. The Morgan fingerprint density at radius 3 is 2.25 bits per heavy atom. The summed E-state index contributed by atoms with van der Waals surface area (Å²) in [5, 5.41) is 0. The molecule has 82 valence electrons. The maximum atomic E-state index is 5.82. The highest BCUT2D eigenvalue weighted by Crippen LogP contribution is 2.31. The first-order valence-electron chi connectivity index (χ1n) is 5.31. The fourth-order valence-electron chi connectivity index (χ4n) is 1.78. The van der Waals surface area contributed by atoms with Crippen LogP contribution in [0.1, 0.15) is 0 Å². The van der Waals surface area contributed by atoms with Gasteiger partial charge in [0.05, 0.1) is 0 Å². The first-order valence-corrected chi connectivity index (χ1v) is 5.31. The zero-order valence-electron chi connectivity index (χ0n) is 9.64. The van der Waals surface area contributed by atoms with Crippen molar-refractivity contribution >= 4 is 11.4 Å². The Labute approximate surface area is 96.3 Å². The second-order valence-corrected chi connectivity index (χ2v) is 4.04. The summed E-state index contributed by atoms with van der Waals surface area (Å²) in [5.41, 5.74) is 10.2. The van der Waals surface area contributed by atoms with E-state index in [4.69, 9.17) is 5.73 Å². The van der Waals surface area contributed by atoms with Crippen LogP contribution in [-0.4, -0.2) is 14.1 Å². The van der Waals surface area contributed by atoms with Crippen molar-refractivity contribution in [2.24, 2.45) is 0 Å². The Hall–Kier alpha value is -1.96. The highest BCUT2D eigenvalue weighted by molar-refractivity contribution is 5.80. The molecule has 0 fully saturated rings. The molecule has 0 atom stereocenters. The summed E-state index contributed by atoms with van der Waals surface area (Å²) >= 11 is 0. The highest BCUT2D eigenvalue weighted by Gasteiger charge is 2.06. The SMILES string of the molecule is CN(C)c1cc(N)ccc1-c1ccccc1. The fourth-order valence-corrected chi connectivity index (χ4v) is 1.78. The van der Waals surface area contributed by atoms with E-state index in [0.717, 1.165) is 11.4 Å². The van der Waals surface area contributed by atoms with Gasteiger partial charge in [0, 0.05) is 31.0 Å². The number of nitrogens with zero attached hydrogens (tertiary/aromatic N) is 1. The predicted molar refractivity (Wildman–Crippen MR) is 70.6 cm³/mol. The van der Waals surface area contributed by atoms with Crippen molar-refractivity contribution < 1.29 is 0 Å². The lowest BCUT2D eigenvalue weighted by Crippen LogP contribution is -2.10. The minimum absolute atomic E-state index is 0.795. The van der Waals surface area contributed by atoms with E-state index in [0.29, 0.717) is 0 Å². The molecule has 0 heterocycles. The molecular formula is C14H16N2. The molecule has 0 amide bonds. The molecule has 16 heavy (non-hydrogen) atoms. The average Bonchev–Trinajstić information content (AvgIpc) is 2.30. The van der Waals surface area contributed by atoms with Gasteiger partial charge in [-0.2, -0.15) is 0 Å². The highest BCUT2D eigenvalue weighted by atomic mass is 15.1. The van der Waals surface area contributed by atoms with Gasteiger partial charge in [-0.15, -0.1) is 0 Å². The Morgan fingerprint density at radius 2 is 1.62 bits per heavy atom. The van der Waals surface area contributed by atoms with Gasteiger partial charge in [-0.3, -0.25) is 0 Å². The molecule has 2 nitrogen and oxygen atoms in total. The molecule has 0 saturated heterocycles. The number of hydrogen-bond acceptors (Lipinski definition) is 2. The van der Waals surface area contributed by atoms with Gasteiger partial charge in [-0.1, -0.05) is 36.4 Å². The molecule has 0 spiro atoms. The zero-order chi connectivity index (χ0) is 11.5. The third-order valence-electron chi connectivity index (χ3n) is 2.59. The molecule has 2 N–H and O–H groups in total. The van der Waals surface area contributed by atoms with Crippen LogP contribution in [0.5, 0.6) is 0 Å². The van der Waals surface area contributed by atoms with Crippen LogP contribution >= 0.6 is 0 Å². The first-order chi connectivity index (χ1) is 7.68. The molecule has 2 aromatic carbocycles. The number of anilines is 2. The summed E-state index contributed by atoms with van der Waals surface area (Å²) in [7, 11) is 4.06. The molecule has 2 heteroatoms. The third-order valence-corrected chi connectivity index (χ3v) is 2.59. The van der Waals surface area contributed by atoms with Gasteiger partial charge in [0.25, 0.3) is 0 Å². The van der Waals surface area contributed by atoms with Gasteiger partial charge in [-0.05, 0) is 17.7 Å². The van der Waals surface area contributed by atoms with Crippen LogP contribution in [-0.2, 0) is 0 Å². The van der Waals surface area contributed by atoms with E-state index < -0.39 is 0 Å². The van der Waals surface area contributed by atoms with E-state index in [1.165, 1.54) is 11.1 Å². The van der Waals surface area contributed by atoms with Crippen LogP contribution < -0.4 is 10.6 Å². The van der Waals surface area contributed by atoms with Gasteiger partial charge in [-0.25, -0.2) is 0 Å². The van der Waals surface area contributed by atoms with Gasteiger partial charge in [0.15, 0.2) is 0 Å². The monoisotopic (exact) mass is 212 g/mol. The van der Waals surface area contributed by atoms with E-state index in [-0.39, 0.29) is 0 Å². The van der Waals surface area contributed by atoms with Crippen molar-refractivity contribution in [1.29, 1.82) is 0 Å². The van der Waals surface area contributed by atoms with E-state index in [2.05, 4.69) is 23.1 Å². The van der Waals surface area contributed by atoms with E-state index >= 15 is 0 Å². The number of benzene rings is 2. The lowest BCUT2D eigenvalue weighted by Gasteiger charge is -2.18. The van der Waals surface area contributed by atoms with Gasteiger partial charge in [0.1, 0.15) is 0 Å². The predicted octanol–water partition coefficient (Wildman–Crippen LogP) is 3.00. The lowest BCUT2D eigenvalue weighted by molar-refractivity contribution is 1.13. The van der Waals surface area contributed by atoms with Gasteiger partial charge < -0.3 is 10.6 Å². The maximum absolute atomic E-state index is 5.82. The largest absolute Gasteiger partial charge is 0.399 e. The normalized spacial score (nSPS) is 10.1. The third kappa shape index (κ3) is 2.01. The number of hydrogen-bond donors (Lipinski definition) is 1. The maximum Gasteiger partial charge on any atom is 0.0461 e. The Balaban J connectivity index is 2.57. The van der Waals surface area contributed by atoms with E-state index in [9.17, 15) is 0 Å². The zero-order valence-corrected chi connectivity index (χ0v) is 9.64. The minimum atomic E-state index is 0.795. The smallest absolute Gasteiger partial charge is 0.0461 e. The van der Waals surface area contributed by atoms with Gasteiger partial charge in [0.2, 0.25) is 0 Å². The Kier molecular flexibility index (Phi) is 2.82. The summed E-state index contributed by atoms with van der Waals surface area (Å²) in [4.78, 5) is 2.08. The second kappa shape index (κ2) is 4.27. The summed E-state index contributed by atoms with van der Waals surface area (Å²) in [6.07, 6.45) is 0. The molecule has 0 aliphatic carbocycles. The van der Waals surface area contributed by atoms with Crippen LogP contribution in [0.2, 0.25) is 0 Å². The molecule has 0 bridgehead atoms. The lowest BCUT2D eigenvalue weighted by atomic mass is 10.0. The van der Waals surface area contributed by atoms with Gasteiger partial charge >= 0.3 is 0 Å². The van der Waals surface area contributed by atoms with E-state index in [1.807, 2.05) is 44.4 Å². The van der Waals surface area contributed by atoms with Crippen LogP contribution in [0.15, 0.2) is 48.5 Å². The van der Waals surface area contributed by atoms with Crippen molar-refractivity contribution in [3.8, 4) is 11.1 Å². The van der Waals surface area contributed by atoms with E-state index in [1.54, 1.807) is 0 Å². The fraction of sp³-hybridized carbons (Fsp3) is 0.143. The second-order valence-electron chi connectivity index (χ2n) is 4.04. The molecule has 2 aromatic rings. The molecule has 0 aliphatic rings. The van der Waals surface area contributed by atoms with Crippen molar-refractivity contribution in [2.75, 3.05) is 24.7 Å². The molecule has 0 radical (unpaired) electrons. The van der Waals surface area contributed by atoms with Crippen molar-refractivity contribution in [1.82, 2.24) is 0 Å². The van der Waals surface area contributed by atoms with Crippen molar-refractivity contribution in [3.63, 3.8) is 0 Å². The Bertz CT molecular complexity index is 475. The molecule has 0 aromatic heterocycles. The Morgan fingerprint density at radius 1 is 0.938 bits per heavy atom. The molecular weight excluding hydrogens is 196 g/mol. The van der Waals surface area contributed by atoms with Crippen molar-refractivity contribution in [3.05, 3.63) is 48.5 Å². The van der Waals surface area contributed by atoms with Crippen LogP contribution in [0, 0.1) is 0 Å².